The molecular formula is C12H27Cl2N3O. The molecule has 2 unspecified atom stereocenters. The molecule has 0 aromatic carbocycles. The molecule has 1 heterocycles. The first-order valence-corrected chi connectivity index (χ1v) is 6.12. The predicted octanol–water partition coefficient (Wildman–Crippen LogP) is 1.22. The molecule has 0 aliphatic carbocycles. The van der Waals surface area contributed by atoms with Crippen molar-refractivity contribution in [3.8, 4) is 0 Å². The van der Waals surface area contributed by atoms with Gasteiger partial charge in [0.15, 0.2) is 0 Å². The zero-order chi connectivity index (χ0) is 12.3. The number of nitrogens with zero attached hydrogens (tertiary/aromatic N) is 2. The van der Waals surface area contributed by atoms with E-state index in [1.54, 1.807) is 0 Å². The highest BCUT2D eigenvalue weighted by Gasteiger charge is 2.32. The molecule has 1 amide bonds. The second-order valence-electron chi connectivity index (χ2n) is 5.33. The highest BCUT2D eigenvalue weighted by molar-refractivity contribution is 5.85. The lowest BCUT2D eigenvalue weighted by Crippen LogP contribution is -2.48. The lowest BCUT2D eigenvalue weighted by atomic mass is 10.0. The van der Waals surface area contributed by atoms with Crippen LogP contribution in [0.15, 0.2) is 0 Å². The fourth-order valence-corrected chi connectivity index (χ4v) is 2.51. The molecule has 0 saturated carbocycles. The number of carbonyl (C=O) groups is 1. The van der Waals surface area contributed by atoms with Gasteiger partial charge in [0, 0.05) is 13.1 Å². The number of rotatable bonds is 4. The Morgan fingerprint density at radius 3 is 2.28 bits per heavy atom. The molecule has 0 aromatic heterocycles. The van der Waals surface area contributed by atoms with Crippen molar-refractivity contribution in [2.75, 3.05) is 33.7 Å². The molecule has 1 aliphatic rings. The van der Waals surface area contributed by atoms with Crippen LogP contribution < -0.4 is 5.73 Å². The molecule has 1 fully saturated rings. The average Bonchev–Trinajstić information content (AvgIpc) is 2.64. The van der Waals surface area contributed by atoms with Crippen LogP contribution in [0.1, 0.15) is 20.3 Å². The van der Waals surface area contributed by atoms with E-state index >= 15 is 0 Å². The van der Waals surface area contributed by atoms with Crippen LogP contribution in [0.3, 0.4) is 0 Å². The number of amides is 1. The van der Waals surface area contributed by atoms with Gasteiger partial charge >= 0.3 is 0 Å². The van der Waals surface area contributed by atoms with E-state index in [1.807, 2.05) is 23.9 Å². The van der Waals surface area contributed by atoms with Gasteiger partial charge in [0.05, 0.1) is 6.04 Å². The molecule has 2 atom stereocenters. The fraction of sp³-hybridized carbons (Fsp3) is 0.917. The van der Waals surface area contributed by atoms with Crippen molar-refractivity contribution < 1.29 is 4.79 Å². The summed E-state index contributed by atoms with van der Waals surface area (Å²) in [6, 6.07) is -0.00322. The second-order valence-corrected chi connectivity index (χ2v) is 5.33. The zero-order valence-corrected chi connectivity index (χ0v) is 13.4. The van der Waals surface area contributed by atoms with E-state index in [0.29, 0.717) is 18.4 Å². The Balaban J connectivity index is 0. The summed E-state index contributed by atoms with van der Waals surface area (Å²) in [6.07, 6.45) is 1.06. The summed E-state index contributed by atoms with van der Waals surface area (Å²) < 4.78 is 0. The molecule has 1 aliphatic heterocycles. The van der Waals surface area contributed by atoms with Gasteiger partial charge < -0.3 is 10.6 Å². The number of likely N-dealkylation sites (tertiary alicyclic amines) is 1. The van der Waals surface area contributed by atoms with Crippen molar-refractivity contribution in [2.45, 2.75) is 26.3 Å². The van der Waals surface area contributed by atoms with Crippen LogP contribution in [0.5, 0.6) is 0 Å². The Bertz CT molecular complexity index is 241. The number of nitrogens with two attached hydrogens (primary N) is 1. The Kier molecular flexibility index (Phi) is 10.1. The van der Waals surface area contributed by atoms with Gasteiger partial charge in [-0.25, -0.2) is 0 Å². The molecule has 2 N–H and O–H groups in total. The molecule has 1 rings (SSSR count). The van der Waals surface area contributed by atoms with Crippen LogP contribution in [-0.4, -0.2) is 55.5 Å². The van der Waals surface area contributed by atoms with Crippen LogP contribution in [0, 0.1) is 11.8 Å². The highest BCUT2D eigenvalue weighted by atomic mass is 35.5. The van der Waals surface area contributed by atoms with Crippen molar-refractivity contribution in [1.29, 1.82) is 0 Å². The number of hydrogen-bond acceptors (Lipinski definition) is 3. The predicted molar refractivity (Wildman–Crippen MR) is 80.6 cm³/mol. The Labute approximate surface area is 123 Å². The van der Waals surface area contributed by atoms with Crippen LogP contribution in [0.4, 0.5) is 0 Å². The van der Waals surface area contributed by atoms with E-state index in [-0.39, 0.29) is 36.8 Å². The van der Waals surface area contributed by atoms with Crippen molar-refractivity contribution in [2.24, 2.45) is 17.6 Å². The molecule has 18 heavy (non-hydrogen) atoms. The zero-order valence-electron chi connectivity index (χ0n) is 11.8. The fourth-order valence-electron chi connectivity index (χ4n) is 2.51. The molecular weight excluding hydrogens is 273 g/mol. The van der Waals surface area contributed by atoms with E-state index in [9.17, 15) is 4.79 Å². The summed E-state index contributed by atoms with van der Waals surface area (Å²) >= 11 is 0. The standard InChI is InChI=1S/C12H25N3O.2ClH/c1-9(2)11(14(3)4)12(16)15-6-5-10(7-13)8-15;;/h9-11H,5-8,13H2,1-4H3;2*1H. The first-order valence-electron chi connectivity index (χ1n) is 6.12. The first-order chi connectivity index (χ1) is 7.47. The third-order valence-electron chi connectivity index (χ3n) is 3.37. The molecule has 4 nitrogen and oxygen atoms in total. The third-order valence-corrected chi connectivity index (χ3v) is 3.37. The lowest BCUT2D eigenvalue weighted by molar-refractivity contribution is -0.136. The van der Waals surface area contributed by atoms with Gasteiger partial charge in [-0.2, -0.15) is 0 Å². The summed E-state index contributed by atoms with van der Waals surface area (Å²) in [6.45, 7) is 6.60. The summed E-state index contributed by atoms with van der Waals surface area (Å²) in [5.74, 6) is 1.11. The Morgan fingerprint density at radius 1 is 1.39 bits per heavy atom. The van der Waals surface area contributed by atoms with Gasteiger partial charge in [0.2, 0.25) is 5.91 Å². The molecule has 110 valence electrons. The van der Waals surface area contributed by atoms with E-state index in [1.165, 1.54) is 0 Å². The number of halogens is 2. The largest absolute Gasteiger partial charge is 0.341 e. The van der Waals surface area contributed by atoms with Crippen molar-refractivity contribution in [1.82, 2.24) is 9.80 Å². The van der Waals surface area contributed by atoms with E-state index in [0.717, 1.165) is 19.5 Å². The maximum Gasteiger partial charge on any atom is 0.240 e. The third kappa shape index (κ3) is 4.92. The van der Waals surface area contributed by atoms with Gasteiger partial charge in [-0.15, -0.1) is 24.8 Å². The topological polar surface area (TPSA) is 49.6 Å². The minimum atomic E-state index is -0.00322. The van der Waals surface area contributed by atoms with Gasteiger partial charge in [-0.1, -0.05) is 13.8 Å². The Hall–Kier alpha value is -0.0300. The minimum absolute atomic E-state index is 0. The van der Waals surface area contributed by atoms with Crippen LogP contribution in [0.2, 0.25) is 0 Å². The van der Waals surface area contributed by atoms with Gasteiger partial charge in [-0.3, -0.25) is 9.69 Å². The Morgan fingerprint density at radius 2 is 1.94 bits per heavy atom. The van der Waals surface area contributed by atoms with Crippen molar-refractivity contribution in [3.63, 3.8) is 0 Å². The van der Waals surface area contributed by atoms with Gasteiger partial charge in [0.1, 0.15) is 0 Å². The quantitative estimate of drug-likeness (QED) is 0.849. The number of hydrogen-bond donors (Lipinski definition) is 1. The smallest absolute Gasteiger partial charge is 0.240 e. The molecule has 0 radical (unpaired) electrons. The maximum atomic E-state index is 12.3. The maximum absolute atomic E-state index is 12.3. The van der Waals surface area contributed by atoms with Crippen LogP contribution in [-0.2, 0) is 4.79 Å². The average molecular weight is 300 g/mol. The summed E-state index contributed by atoms with van der Waals surface area (Å²) in [4.78, 5) is 16.3. The summed E-state index contributed by atoms with van der Waals surface area (Å²) in [7, 11) is 3.94. The van der Waals surface area contributed by atoms with Crippen LogP contribution >= 0.6 is 24.8 Å². The van der Waals surface area contributed by atoms with Crippen LogP contribution in [0.25, 0.3) is 0 Å². The molecule has 0 bridgehead atoms. The van der Waals surface area contributed by atoms with E-state index < -0.39 is 0 Å². The minimum Gasteiger partial charge on any atom is -0.341 e. The first kappa shape index (κ1) is 20.3. The number of carbonyl (C=O) groups excluding carboxylic acids is 1. The molecule has 0 spiro atoms. The monoisotopic (exact) mass is 299 g/mol. The normalized spacial score (nSPS) is 20.6. The van der Waals surface area contributed by atoms with E-state index in [2.05, 4.69) is 13.8 Å². The lowest BCUT2D eigenvalue weighted by Gasteiger charge is -2.30. The molecule has 1 saturated heterocycles. The summed E-state index contributed by atoms with van der Waals surface area (Å²) in [5, 5.41) is 0. The molecule has 0 aromatic rings. The summed E-state index contributed by atoms with van der Waals surface area (Å²) in [5.41, 5.74) is 5.64. The number of likely N-dealkylation sites (N-methyl/N-ethyl adjacent to an activating group) is 1. The SMILES string of the molecule is CC(C)C(C(=O)N1CCC(CN)C1)N(C)C.Cl.Cl. The van der Waals surface area contributed by atoms with Crippen molar-refractivity contribution >= 4 is 30.7 Å². The second kappa shape index (κ2) is 8.97. The highest BCUT2D eigenvalue weighted by Crippen LogP contribution is 2.19. The van der Waals surface area contributed by atoms with Gasteiger partial charge in [0.25, 0.3) is 0 Å². The van der Waals surface area contributed by atoms with Gasteiger partial charge in [-0.05, 0) is 38.9 Å². The van der Waals surface area contributed by atoms with Crippen molar-refractivity contribution in [3.05, 3.63) is 0 Å². The molecule has 6 heteroatoms. The van der Waals surface area contributed by atoms with E-state index in [4.69, 9.17) is 5.73 Å².